The van der Waals surface area contributed by atoms with E-state index in [1.54, 1.807) is 0 Å². The minimum absolute atomic E-state index is 0. The summed E-state index contributed by atoms with van der Waals surface area (Å²) >= 11 is 0. The molecule has 0 spiro atoms. The second-order valence-electron chi connectivity index (χ2n) is 5.18. The fraction of sp³-hybridized carbons (Fsp3) is 0.312. The number of guanidine groups is 1. The normalized spacial score (nSPS) is 11.9. The summed E-state index contributed by atoms with van der Waals surface area (Å²) < 4.78 is 0. The Kier molecular flexibility index (Phi) is 6.26. The molecular weight excluding hydrogens is 361 g/mol. The Morgan fingerprint density at radius 2 is 1.70 bits per heavy atom. The molecule has 20 heavy (non-hydrogen) atoms. The van der Waals surface area contributed by atoms with Gasteiger partial charge in [-0.25, -0.2) is 0 Å². The number of nitrogens with zero attached hydrogens (tertiary/aromatic N) is 1. The van der Waals surface area contributed by atoms with E-state index in [0.717, 1.165) is 0 Å². The molecule has 3 nitrogen and oxygen atoms in total. The van der Waals surface area contributed by atoms with Crippen molar-refractivity contribution in [3.8, 4) is 0 Å². The summed E-state index contributed by atoms with van der Waals surface area (Å²) in [6.45, 7) is 5.04. The van der Waals surface area contributed by atoms with Gasteiger partial charge in [0.05, 0.1) is 0 Å². The summed E-state index contributed by atoms with van der Waals surface area (Å²) in [5.74, 6) is 0.966. The lowest BCUT2D eigenvalue weighted by Gasteiger charge is -2.21. The molecule has 2 aromatic rings. The van der Waals surface area contributed by atoms with Crippen molar-refractivity contribution in [1.29, 1.82) is 0 Å². The van der Waals surface area contributed by atoms with E-state index in [1.807, 2.05) is 0 Å². The smallest absolute Gasteiger partial charge is 0.185 e. The van der Waals surface area contributed by atoms with E-state index in [-0.39, 0.29) is 29.9 Å². The Balaban J connectivity index is 0.00000200. The van der Waals surface area contributed by atoms with Crippen LogP contribution in [0.15, 0.2) is 47.5 Å². The summed E-state index contributed by atoms with van der Waals surface area (Å²) in [7, 11) is 0. The largest absolute Gasteiger partial charge is 0.370 e. The molecule has 4 N–H and O–H groups in total. The highest BCUT2D eigenvalue weighted by Crippen LogP contribution is 2.30. The van der Waals surface area contributed by atoms with Crippen molar-refractivity contribution in [1.82, 2.24) is 0 Å². The molecule has 0 saturated carbocycles. The summed E-state index contributed by atoms with van der Waals surface area (Å²) in [6, 6.07) is 14.8. The van der Waals surface area contributed by atoms with Crippen molar-refractivity contribution >= 4 is 40.7 Å². The van der Waals surface area contributed by atoms with Crippen molar-refractivity contribution in [2.75, 3.05) is 6.54 Å². The van der Waals surface area contributed by atoms with Crippen molar-refractivity contribution in [2.24, 2.45) is 22.4 Å². The third-order valence-electron chi connectivity index (χ3n) is 3.50. The van der Waals surface area contributed by atoms with Gasteiger partial charge in [-0.3, -0.25) is 4.99 Å². The van der Waals surface area contributed by atoms with Crippen LogP contribution in [0.2, 0.25) is 0 Å². The average Bonchev–Trinajstić information content (AvgIpc) is 2.38. The molecule has 0 aliphatic rings. The first kappa shape index (κ1) is 16.8. The third kappa shape index (κ3) is 3.85. The number of rotatable bonds is 4. The molecule has 0 aliphatic carbocycles. The van der Waals surface area contributed by atoms with Crippen LogP contribution in [0.3, 0.4) is 0 Å². The topological polar surface area (TPSA) is 64.4 Å². The standard InChI is InChI=1S/C16H21N3.HI/c1-11(2)15(10-19-16(17)18)14-9-5-7-12-6-3-4-8-13(12)14;/h3-9,11,15H,10H2,1-2H3,(H4,17,18,19);1H. The van der Waals surface area contributed by atoms with Crippen LogP contribution >= 0.6 is 24.0 Å². The lowest BCUT2D eigenvalue weighted by atomic mass is 9.85. The molecule has 2 rings (SSSR count). The monoisotopic (exact) mass is 383 g/mol. The molecule has 1 atom stereocenters. The van der Waals surface area contributed by atoms with Crippen LogP contribution in [0.4, 0.5) is 0 Å². The van der Waals surface area contributed by atoms with Gasteiger partial charge in [-0.15, -0.1) is 24.0 Å². The van der Waals surface area contributed by atoms with Gasteiger partial charge in [0.15, 0.2) is 5.96 Å². The van der Waals surface area contributed by atoms with E-state index < -0.39 is 0 Å². The number of aliphatic imine (C=N–C) groups is 1. The maximum atomic E-state index is 5.46. The SMILES string of the molecule is CC(C)C(CN=C(N)N)c1cccc2ccccc12.I. The Morgan fingerprint density at radius 1 is 1.05 bits per heavy atom. The molecular formula is C16H22IN3. The van der Waals surface area contributed by atoms with Crippen LogP contribution in [0.1, 0.15) is 25.3 Å². The molecule has 0 radical (unpaired) electrons. The molecule has 0 bridgehead atoms. The molecule has 1 unspecified atom stereocenters. The van der Waals surface area contributed by atoms with Crippen LogP contribution in [-0.2, 0) is 0 Å². The number of fused-ring (bicyclic) bond motifs is 1. The van der Waals surface area contributed by atoms with E-state index in [4.69, 9.17) is 11.5 Å². The molecule has 4 heteroatoms. The van der Waals surface area contributed by atoms with E-state index >= 15 is 0 Å². The highest BCUT2D eigenvalue weighted by molar-refractivity contribution is 14.0. The molecule has 0 aliphatic heterocycles. The first-order chi connectivity index (χ1) is 9.09. The zero-order valence-corrected chi connectivity index (χ0v) is 14.2. The Labute approximate surface area is 137 Å². The molecule has 0 amide bonds. The predicted molar refractivity (Wildman–Crippen MR) is 97.6 cm³/mol. The second kappa shape index (κ2) is 7.47. The first-order valence-corrected chi connectivity index (χ1v) is 6.62. The Bertz CT molecular complexity index is 584. The van der Waals surface area contributed by atoms with Gasteiger partial charge in [-0.05, 0) is 22.3 Å². The minimum Gasteiger partial charge on any atom is -0.370 e. The zero-order valence-electron chi connectivity index (χ0n) is 11.9. The van der Waals surface area contributed by atoms with Crippen molar-refractivity contribution in [3.63, 3.8) is 0 Å². The lowest BCUT2D eigenvalue weighted by molar-refractivity contribution is 0.510. The highest BCUT2D eigenvalue weighted by Gasteiger charge is 2.17. The molecule has 0 heterocycles. The highest BCUT2D eigenvalue weighted by atomic mass is 127. The van der Waals surface area contributed by atoms with Gasteiger partial charge < -0.3 is 11.5 Å². The van der Waals surface area contributed by atoms with Crippen LogP contribution in [-0.4, -0.2) is 12.5 Å². The van der Waals surface area contributed by atoms with Crippen LogP contribution in [0.25, 0.3) is 10.8 Å². The fourth-order valence-corrected chi connectivity index (χ4v) is 2.45. The lowest BCUT2D eigenvalue weighted by Crippen LogP contribution is -2.24. The van der Waals surface area contributed by atoms with Gasteiger partial charge in [0, 0.05) is 12.5 Å². The minimum atomic E-state index is 0. The number of hydrogen-bond acceptors (Lipinski definition) is 1. The summed E-state index contributed by atoms with van der Waals surface area (Å²) in [4.78, 5) is 4.20. The second-order valence-corrected chi connectivity index (χ2v) is 5.18. The summed E-state index contributed by atoms with van der Waals surface area (Å²) in [6.07, 6.45) is 0. The van der Waals surface area contributed by atoms with Gasteiger partial charge in [-0.2, -0.15) is 0 Å². The van der Waals surface area contributed by atoms with Crippen LogP contribution < -0.4 is 11.5 Å². The predicted octanol–water partition coefficient (Wildman–Crippen LogP) is 3.47. The van der Waals surface area contributed by atoms with Gasteiger partial charge in [-0.1, -0.05) is 56.3 Å². The molecule has 108 valence electrons. The zero-order chi connectivity index (χ0) is 13.8. The van der Waals surface area contributed by atoms with E-state index in [2.05, 4.69) is 61.3 Å². The van der Waals surface area contributed by atoms with Gasteiger partial charge in [0.2, 0.25) is 0 Å². The fourth-order valence-electron chi connectivity index (χ4n) is 2.45. The molecule has 0 fully saturated rings. The van der Waals surface area contributed by atoms with Gasteiger partial charge >= 0.3 is 0 Å². The van der Waals surface area contributed by atoms with E-state index in [1.165, 1.54) is 16.3 Å². The van der Waals surface area contributed by atoms with Crippen LogP contribution in [0, 0.1) is 5.92 Å². The first-order valence-electron chi connectivity index (χ1n) is 6.62. The number of hydrogen-bond donors (Lipinski definition) is 2. The number of nitrogens with two attached hydrogens (primary N) is 2. The third-order valence-corrected chi connectivity index (χ3v) is 3.50. The van der Waals surface area contributed by atoms with E-state index in [9.17, 15) is 0 Å². The molecule has 0 saturated heterocycles. The van der Waals surface area contributed by atoms with Crippen molar-refractivity contribution < 1.29 is 0 Å². The van der Waals surface area contributed by atoms with Crippen LogP contribution in [0.5, 0.6) is 0 Å². The van der Waals surface area contributed by atoms with Gasteiger partial charge in [0.1, 0.15) is 0 Å². The quantitative estimate of drug-likeness (QED) is 0.483. The van der Waals surface area contributed by atoms with Crippen molar-refractivity contribution in [2.45, 2.75) is 19.8 Å². The number of halogens is 1. The maximum Gasteiger partial charge on any atom is 0.185 e. The maximum absolute atomic E-state index is 5.46. The van der Waals surface area contributed by atoms with Crippen molar-refractivity contribution in [3.05, 3.63) is 48.0 Å². The molecule has 0 aromatic heterocycles. The van der Waals surface area contributed by atoms with E-state index in [0.29, 0.717) is 18.4 Å². The Hall–Kier alpha value is -1.30. The Morgan fingerprint density at radius 3 is 2.35 bits per heavy atom. The summed E-state index contributed by atoms with van der Waals surface area (Å²) in [5, 5.41) is 2.55. The summed E-state index contributed by atoms with van der Waals surface area (Å²) in [5.41, 5.74) is 12.2. The molecule has 2 aromatic carbocycles. The van der Waals surface area contributed by atoms with Gasteiger partial charge in [0.25, 0.3) is 0 Å². The average molecular weight is 383 g/mol. The number of benzene rings is 2.